The Hall–Kier alpha value is -1.04. The lowest BCUT2D eigenvalue weighted by Gasteiger charge is -1.99. The molecule has 0 fully saturated rings. The first-order valence-electron chi connectivity index (χ1n) is 3.55. The van der Waals surface area contributed by atoms with Gasteiger partial charge in [0.15, 0.2) is 0 Å². The first-order valence-corrected chi connectivity index (χ1v) is 4.63. The van der Waals surface area contributed by atoms with E-state index in [-0.39, 0.29) is 0 Å². The van der Waals surface area contributed by atoms with Gasteiger partial charge in [-0.25, -0.2) is 4.79 Å². The molecule has 0 bridgehead atoms. The van der Waals surface area contributed by atoms with E-state index in [4.69, 9.17) is 10.8 Å². The normalized spacial score (nSPS) is 10.5. The Balaban J connectivity index is 3.00. The number of hydrogen-bond donors (Lipinski definition) is 2. The molecular formula is C9H8INO2. The summed E-state index contributed by atoms with van der Waals surface area (Å²) in [5.41, 5.74) is 7.00. The van der Waals surface area contributed by atoms with Crippen molar-refractivity contribution in [2.24, 2.45) is 0 Å². The van der Waals surface area contributed by atoms with Crippen LogP contribution in [0.3, 0.4) is 0 Å². The molecule has 0 amide bonds. The van der Waals surface area contributed by atoms with E-state index in [1.807, 2.05) is 6.07 Å². The first-order chi connectivity index (χ1) is 6.09. The van der Waals surface area contributed by atoms with Crippen LogP contribution < -0.4 is 5.73 Å². The number of anilines is 1. The molecule has 3 N–H and O–H groups in total. The lowest BCUT2D eigenvalue weighted by molar-refractivity contribution is -0.131. The summed E-state index contributed by atoms with van der Waals surface area (Å²) >= 11 is 2.12. The van der Waals surface area contributed by atoms with Crippen molar-refractivity contribution in [3.05, 3.63) is 33.4 Å². The van der Waals surface area contributed by atoms with Gasteiger partial charge in [0, 0.05) is 15.3 Å². The molecule has 0 aliphatic carbocycles. The Morgan fingerprint density at radius 3 is 2.85 bits per heavy atom. The Morgan fingerprint density at radius 2 is 2.23 bits per heavy atom. The Bertz CT molecular complexity index is 361. The van der Waals surface area contributed by atoms with Gasteiger partial charge in [-0.2, -0.15) is 0 Å². The molecule has 0 spiro atoms. The predicted molar refractivity (Wildman–Crippen MR) is 60.2 cm³/mol. The van der Waals surface area contributed by atoms with Crippen LogP contribution in [0.25, 0.3) is 6.08 Å². The van der Waals surface area contributed by atoms with Gasteiger partial charge in [-0.3, -0.25) is 0 Å². The fourth-order valence-corrected chi connectivity index (χ4v) is 1.37. The van der Waals surface area contributed by atoms with Crippen LogP contribution in [0.1, 0.15) is 5.56 Å². The van der Waals surface area contributed by atoms with E-state index in [0.29, 0.717) is 5.69 Å². The van der Waals surface area contributed by atoms with Crippen molar-refractivity contribution in [1.29, 1.82) is 0 Å². The number of hydrogen-bond acceptors (Lipinski definition) is 2. The van der Waals surface area contributed by atoms with Crippen LogP contribution in [0.5, 0.6) is 0 Å². The first kappa shape index (κ1) is 10.0. The summed E-state index contributed by atoms with van der Waals surface area (Å²) in [6, 6.07) is 5.36. The van der Waals surface area contributed by atoms with Gasteiger partial charge < -0.3 is 10.8 Å². The van der Waals surface area contributed by atoms with E-state index in [9.17, 15) is 4.79 Å². The lowest BCUT2D eigenvalue weighted by Crippen LogP contribution is -1.89. The predicted octanol–water partition coefficient (Wildman–Crippen LogP) is 1.97. The molecule has 0 unspecified atom stereocenters. The van der Waals surface area contributed by atoms with E-state index in [1.165, 1.54) is 6.08 Å². The fraction of sp³-hybridized carbons (Fsp3) is 0. The van der Waals surface area contributed by atoms with Crippen molar-refractivity contribution >= 4 is 40.3 Å². The number of aliphatic carboxylic acids is 1. The van der Waals surface area contributed by atoms with Gasteiger partial charge in [-0.05, 0) is 52.4 Å². The summed E-state index contributed by atoms with van der Waals surface area (Å²) in [5.74, 6) is -0.960. The van der Waals surface area contributed by atoms with E-state index < -0.39 is 5.97 Å². The number of halogens is 1. The second kappa shape index (κ2) is 4.27. The molecule has 0 aromatic heterocycles. The van der Waals surface area contributed by atoms with Gasteiger partial charge in [0.1, 0.15) is 0 Å². The van der Waals surface area contributed by atoms with Gasteiger partial charge in [0.25, 0.3) is 0 Å². The molecule has 0 saturated carbocycles. The molecule has 0 heterocycles. The third kappa shape index (κ3) is 3.06. The van der Waals surface area contributed by atoms with Gasteiger partial charge in [0.2, 0.25) is 0 Å². The van der Waals surface area contributed by atoms with Gasteiger partial charge >= 0.3 is 5.97 Å². The maximum atomic E-state index is 10.2. The Kier molecular flexibility index (Phi) is 3.30. The summed E-state index contributed by atoms with van der Waals surface area (Å²) in [7, 11) is 0. The summed E-state index contributed by atoms with van der Waals surface area (Å²) in [6.07, 6.45) is 2.62. The van der Waals surface area contributed by atoms with E-state index in [0.717, 1.165) is 15.2 Å². The van der Waals surface area contributed by atoms with Crippen molar-refractivity contribution in [2.75, 3.05) is 5.73 Å². The molecule has 13 heavy (non-hydrogen) atoms. The zero-order chi connectivity index (χ0) is 9.84. The van der Waals surface area contributed by atoms with E-state index in [1.54, 1.807) is 12.1 Å². The zero-order valence-electron chi connectivity index (χ0n) is 6.70. The third-order valence-electron chi connectivity index (χ3n) is 1.43. The quantitative estimate of drug-likeness (QED) is 0.497. The second-order valence-corrected chi connectivity index (χ2v) is 3.61. The Morgan fingerprint density at radius 1 is 1.54 bits per heavy atom. The molecule has 1 aromatic rings. The van der Waals surface area contributed by atoms with Gasteiger partial charge in [-0.1, -0.05) is 0 Å². The average molecular weight is 289 g/mol. The second-order valence-electron chi connectivity index (χ2n) is 2.45. The number of carboxylic acids is 1. The number of nitrogen functional groups attached to an aromatic ring is 1. The number of carbonyl (C=O) groups is 1. The molecule has 1 rings (SSSR count). The standard InChI is InChI=1S/C9H8INO2/c10-8-3-2-7(11)5-6(8)1-4-9(12)13/h1-5H,11H2,(H,12,13)/b4-1+. The summed E-state index contributed by atoms with van der Waals surface area (Å²) < 4.78 is 0.976. The number of carboxylic acid groups (broad SMARTS) is 1. The van der Waals surface area contributed by atoms with Crippen LogP contribution in [-0.2, 0) is 4.79 Å². The third-order valence-corrected chi connectivity index (χ3v) is 2.41. The highest BCUT2D eigenvalue weighted by Crippen LogP contribution is 2.16. The SMILES string of the molecule is Nc1ccc(I)c(/C=C/C(=O)O)c1. The van der Waals surface area contributed by atoms with E-state index >= 15 is 0 Å². The fourth-order valence-electron chi connectivity index (χ4n) is 0.851. The van der Waals surface area contributed by atoms with Crippen molar-refractivity contribution in [1.82, 2.24) is 0 Å². The number of nitrogens with two attached hydrogens (primary N) is 1. The minimum atomic E-state index is -0.960. The molecule has 0 saturated heterocycles. The topological polar surface area (TPSA) is 63.3 Å². The maximum Gasteiger partial charge on any atom is 0.328 e. The van der Waals surface area contributed by atoms with Crippen LogP contribution >= 0.6 is 22.6 Å². The van der Waals surface area contributed by atoms with Gasteiger partial charge in [-0.15, -0.1) is 0 Å². The highest BCUT2D eigenvalue weighted by atomic mass is 127. The van der Waals surface area contributed by atoms with Crippen LogP contribution in [0.15, 0.2) is 24.3 Å². The van der Waals surface area contributed by atoms with Crippen LogP contribution in [0, 0.1) is 3.57 Å². The summed E-state index contributed by atoms with van der Waals surface area (Å²) in [6.45, 7) is 0. The average Bonchev–Trinajstić information content (AvgIpc) is 2.06. The molecule has 0 aliphatic rings. The molecule has 4 heteroatoms. The van der Waals surface area contributed by atoms with Crippen molar-refractivity contribution in [3.63, 3.8) is 0 Å². The summed E-state index contributed by atoms with van der Waals surface area (Å²) in [5, 5.41) is 8.41. The monoisotopic (exact) mass is 289 g/mol. The van der Waals surface area contributed by atoms with Crippen molar-refractivity contribution in [3.8, 4) is 0 Å². The zero-order valence-corrected chi connectivity index (χ0v) is 8.86. The molecule has 68 valence electrons. The largest absolute Gasteiger partial charge is 0.478 e. The molecule has 3 nitrogen and oxygen atoms in total. The van der Waals surface area contributed by atoms with Crippen LogP contribution in [0.2, 0.25) is 0 Å². The Labute approximate surface area is 89.4 Å². The number of benzene rings is 1. The van der Waals surface area contributed by atoms with Crippen molar-refractivity contribution in [2.45, 2.75) is 0 Å². The number of rotatable bonds is 2. The smallest absolute Gasteiger partial charge is 0.328 e. The van der Waals surface area contributed by atoms with Crippen LogP contribution in [-0.4, -0.2) is 11.1 Å². The highest BCUT2D eigenvalue weighted by Gasteiger charge is 1.96. The van der Waals surface area contributed by atoms with Crippen LogP contribution in [0.4, 0.5) is 5.69 Å². The van der Waals surface area contributed by atoms with Gasteiger partial charge in [0.05, 0.1) is 0 Å². The molecule has 0 atom stereocenters. The minimum absolute atomic E-state index is 0.630. The molecule has 1 aromatic carbocycles. The highest BCUT2D eigenvalue weighted by molar-refractivity contribution is 14.1. The maximum absolute atomic E-state index is 10.2. The van der Waals surface area contributed by atoms with Crippen molar-refractivity contribution < 1.29 is 9.90 Å². The summed E-state index contributed by atoms with van der Waals surface area (Å²) in [4.78, 5) is 10.2. The molecule has 0 aliphatic heterocycles. The molecular weight excluding hydrogens is 281 g/mol. The van der Waals surface area contributed by atoms with E-state index in [2.05, 4.69) is 22.6 Å². The minimum Gasteiger partial charge on any atom is -0.478 e. The molecule has 0 radical (unpaired) electrons. The lowest BCUT2D eigenvalue weighted by atomic mass is 10.2.